The maximum absolute atomic E-state index is 12.7. The number of nitro benzene ring substituents is 1. The number of anilines is 3. The lowest BCUT2D eigenvalue weighted by atomic mass is 9.99. The van der Waals surface area contributed by atoms with E-state index >= 15 is 0 Å². The Labute approximate surface area is 199 Å². The van der Waals surface area contributed by atoms with Gasteiger partial charge in [-0.25, -0.2) is 0 Å². The van der Waals surface area contributed by atoms with Gasteiger partial charge in [-0.15, -0.1) is 0 Å². The van der Waals surface area contributed by atoms with Gasteiger partial charge in [-0.2, -0.15) is 0 Å². The molecule has 4 rings (SSSR count). The summed E-state index contributed by atoms with van der Waals surface area (Å²) in [5.74, 6) is 0.295. The third-order valence-electron chi connectivity index (χ3n) is 6.38. The predicted octanol–water partition coefficient (Wildman–Crippen LogP) is 4.56. The van der Waals surface area contributed by atoms with E-state index in [2.05, 4.69) is 22.5 Å². The smallest absolute Gasteiger partial charge is 0.293 e. The first kappa shape index (κ1) is 23.0. The van der Waals surface area contributed by atoms with Crippen LogP contribution in [0.5, 0.6) is 0 Å². The minimum Gasteiger partial charge on any atom is -0.372 e. The van der Waals surface area contributed by atoms with Crippen LogP contribution in [0.25, 0.3) is 0 Å². The molecule has 2 aromatic carbocycles. The third-order valence-corrected chi connectivity index (χ3v) is 6.59. The van der Waals surface area contributed by atoms with Crippen molar-refractivity contribution in [2.45, 2.75) is 32.6 Å². The Bertz CT molecular complexity index is 1030. The highest BCUT2D eigenvalue weighted by atomic mass is 32.1. The van der Waals surface area contributed by atoms with Crippen molar-refractivity contribution < 1.29 is 9.72 Å². The maximum Gasteiger partial charge on any atom is 0.293 e. The number of carbonyl (C=O) groups is 1. The molecule has 1 amide bonds. The number of nitrogens with one attached hydrogen (secondary N) is 2. The summed E-state index contributed by atoms with van der Waals surface area (Å²) < 4.78 is 0. The normalized spacial score (nSPS) is 16.5. The Balaban J connectivity index is 1.37. The monoisotopic (exact) mass is 467 g/mol. The van der Waals surface area contributed by atoms with Crippen LogP contribution < -0.4 is 20.4 Å². The van der Waals surface area contributed by atoms with Gasteiger partial charge in [0.2, 0.25) is 0 Å². The van der Waals surface area contributed by atoms with Gasteiger partial charge in [-0.1, -0.05) is 6.92 Å². The second-order valence-corrected chi connectivity index (χ2v) is 9.19. The quantitative estimate of drug-likeness (QED) is 0.378. The standard InChI is InChI=1S/C24H29N5O3S/c1-17-10-14-27(15-11-17)20-7-5-19(6-8-20)25-24(33)26-23(30)18-4-9-21(22(16-18)29(31)32)28-12-2-3-13-28/h4-9,16-17H,2-3,10-15H2,1H3,(H2,25,26,30,33). The summed E-state index contributed by atoms with van der Waals surface area (Å²) in [6, 6.07) is 12.5. The Hall–Kier alpha value is -3.20. The fourth-order valence-electron chi connectivity index (χ4n) is 4.40. The van der Waals surface area contributed by atoms with Crippen molar-refractivity contribution in [1.29, 1.82) is 0 Å². The van der Waals surface area contributed by atoms with Crippen LogP contribution in [-0.2, 0) is 0 Å². The van der Waals surface area contributed by atoms with Gasteiger partial charge in [0, 0.05) is 49.2 Å². The van der Waals surface area contributed by atoms with Gasteiger partial charge in [0.25, 0.3) is 11.6 Å². The Morgan fingerprint density at radius 1 is 1.03 bits per heavy atom. The van der Waals surface area contributed by atoms with Gasteiger partial charge in [0.15, 0.2) is 5.11 Å². The minimum absolute atomic E-state index is 0.0638. The predicted molar refractivity (Wildman–Crippen MR) is 135 cm³/mol. The molecule has 174 valence electrons. The molecule has 0 aliphatic carbocycles. The number of piperidine rings is 1. The lowest BCUT2D eigenvalue weighted by molar-refractivity contribution is -0.384. The van der Waals surface area contributed by atoms with Crippen LogP contribution in [0.4, 0.5) is 22.7 Å². The average Bonchev–Trinajstić information content (AvgIpc) is 3.34. The zero-order valence-corrected chi connectivity index (χ0v) is 19.6. The van der Waals surface area contributed by atoms with E-state index in [0.29, 0.717) is 5.69 Å². The van der Waals surface area contributed by atoms with Gasteiger partial charge in [-0.3, -0.25) is 20.2 Å². The number of rotatable bonds is 5. The zero-order valence-electron chi connectivity index (χ0n) is 18.8. The highest BCUT2D eigenvalue weighted by Gasteiger charge is 2.24. The lowest BCUT2D eigenvalue weighted by Crippen LogP contribution is -2.34. The molecule has 0 spiro atoms. The summed E-state index contributed by atoms with van der Waals surface area (Å²) in [5.41, 5.74) is 2.63. The summed E-state index contributed by atoms with van der Waals surface area (Å²) in [5, 5.41) is 17.4. The summed E-state index contributed by atoms with van der Waals surface area (Å²) in [6.07, 6.45) is 4.43. The van der Waals surface area contributed by atoms with Gasteiger partial charge in [-0.05, 0) is 80.2 Å². The van der Waals surface area contributed by atoms with Gasteiger partial charge >= 0.3 is 0 Å². The van der Waals surface area contributed by atoms with Crippen LogP contribution >= 0.6 is 12.2 Å². The second kappa shape index (κ2) is 10.2. The summed E-state index contributed by atoms with van der Waals surface area (Å²) in [4.78, 5) is 28.2. The molecule has 0 unspecified atom stereocenters. The second-order valence-electron chi connectivity index (χ2n) is 8.78. The van der Waals surface area contributed by atoms with E-state index in [1.807, 2.05) is 29.2 Å². The highest BCUT2D eigenvalue weighted by molar-refractivity contribution is 7.80. The molecular weight excluding hydrogens is 438 g/mol. The molecule has 0 bridgehead atoms. The molecule has 2 fully saturated rings. The molecule has 0 saturated carbocycles. The van der Waals surface area contributed by atoms with Crippen LogP contribution in [0.1, 0.15) is 43.0 Å². The average molecular weight is 468 g/mol. The molecule has 33 heavy (non-hydrogen) atoms. The van der Waals surface area contributed by atoms with E-state index in [4.69, 9.17) is 12.2 Å². The van der Waals surface area contributed by atoms with Gasteiger partial charge in [0.05, 0.1) is 4.92 Å². The molecule has 9 heteroatoms. The van der Waals surface area contributed by atoms with E-state index in [-0.39, 0.29) is 16.4 Å². The van der Waals surface area contributed by atoms with Crippen molar-refractivity contribution in [3.8, 4) is 0 Å². The van der Waals surface area contributed by atoms with Crippen molar-refractivity contribution in [3.05, 3.63) is 58.1 Å². The summed E-state index contributed by atoms with van der Waals surface area (Å²) in [7, 11) is 0. The molecule has 2 saturated heterocycles. The van der Waals surface area contributed by atoms with Crippen LogP contribution in [0.2, 0.25) is 0 Å². The minimum atomic E-state index is -0.484. The molecule has 2 aromatic rings. The number of thiocarbonyl (C=S) groups is 1. The fourth-order valence-corrected chi connectivity index (χ4v) is 4.61. The molecule has 2 aliphatic rings. The van der Waals surface area contributed by atoms with E-state index < -0.39 is 10.8 Å². The summed E-state index contributed by atoms with van der Waals surface area (Å²) >= 11 is 5.29. The van der Waals surface area contributed by atoms with E-state index in [1.165, 1.54) is 24.6 Å². The largest absolute Gasteiger partial charge is 0.372 e. The van der Waals surface area contributed by atoms with Crippen LogP contribution in [0.15, 0.2) is 42.5 Å². The number of amides is 1. The third kappa shape index (κ3) is 5.60. The van der Waals surface area contributed by atoms with E-state index in [0.717, 1.165) is 50.6 Å². The molecule has 2 heterocycles. The first-order chi connectivity index (χ1) is 15.9. The number of nitrogens with zero attached hydrogens (tertiary/aromatic N) is 3. The first-order valence-corrected chi connectivity index (χ1v) is 11.8. The van der Waals surface area contributed by atoms with E-state index in [1.54, 1.807) is 12.1 Å². The van der Waals surface area contributed by atoms with Crippen molar-refractivity contribution in [1.82, 2.24) is 5.32 Å². The molecule has 0 atom stereocenters. The van der Waals surface area contributed by atoms with Crippen molar-refractivity contribution in [2.75, 3.05) is 41.3 Å². The molecule has 0 radical (unpaired) electrons. The van der Waals surface area contributed by atoms with Gasteiger partial charge in [0.1, 0.15) is 5.69 Å². The SMILES string of the molecule is CC1CCN(c2ccc(NC(=S)NC(=O)c3ccc(N4CCCC4)c([N+](=O)[O-])c3)cc2)CC1. The number of nitro groups is 1. The maximum atomic E-state index is 12.7. The first-order valence-electron chi connectivity index (χ1n) is 11.4. The van der Waals surface area contributed by atoms with Crippen molar-refractivity contribution in [3.63, 3.8) is 0 Å². The number of benzene rings is 2. The Kier molecular flexibility index (Phi) is 7.08. The molecular formula is C24H29N5O3S. The van der Waals surface area contributed by atoms with Crippen LogP contribution in [-0.4, -0.2) is 42.1 Å². The van der Waals surface area contributed by atoms with E-state index in [9.17, 15) is 14.9 Å². The molecule has 2 N–H and O–H groups in total. The number of carbonyl (C=O) groups excluding carboxylic acids is 1. The van der Waals surface area contributed by atoms with Crippen molar-refractivity contribution >= 4 is 46.0 Å². The Morgan fingerprint density at radius 2 is 1.70 bits per heavy atom. The zero-order chi connectivity index (χ0) is 23.4. The highest BCUT2D eigenvalue weighted by Crippen LogP contribution is 2.31. The number of hydrogen-bond donors (Lipinski definition) is 2. The summed E-state index contributed by atoms with van der Waals surface area (Å²) in [6.45, 7) is 5.99. The fraction of sp³-hybridized carbons (Fsp3) is 0.417. The Morgan fingerprint density at radius 3 is 2.33 bits per heavy atom. The topological polar surface area (TPSA) is 90.8 Å². The van der Waals surface area contributed by atoms with Gasteiger partial charge < -0.3 is 15.1 Å². The number of hydrogen-bond acceptors (Lipinski definition) is 6. The van der Waals surface area contributed by atoms with Crippen molar-refractivity contribution in [2.24, 2.45) is 5.92 Å². The molecule has 8 nitrogen and oxygen atoms in total. The lowest BCUT2D eigenvalue weighted by Gasteiger charge is -2.32. The molecule has 0 aromatic heterocycles. The van der Waals surface area contributed by atoms with Crippen LogP contribution in [0.3, 0.4) is 0 Å². The van der Waals surface area contributed by atoms with Crippen LogP contribution in [0, 0.1) is 16.0 Å². The molecule has 2 aliphatic heterocycles.